The number of hydrogen-bond donors (Lipinski definition) is 1. The molecular weight excluding hydrogens is 210 g/mol. The highest BCUT2D eigenvalue weighted by molar-refractivity contribution is 8.23. The second-order valence-electron chi connectivity index (χ2n) is 2.66. The Morgan fingerprint density at radius 2 is 2.14 bits per heavy atom. The van der Waals surface area contributed by atoms with E-state index in [1.807, 2.05) is 43.3 Å². The molecule has 0 unspecified atom stereocenters. The van der Waals surface area contributed by atoms with Crippen LogP contribution in [0.1, 0.15) is 6.92 Å². The maximum atomic E-state index is 5.17. The third-order valence-electron chi connectivity index (χ3n) is 1.57. The number of nitrogens with one attached hydrogen (secondary N) is 1. The van der Waals surface area contributed by atoms with Crippen molar-refractivity contribution in [3.8, 4) is 0 Å². The molecule has 1 aromatic carbocycles. The SMILES string of the molecule is C/C=C/CSC(=S)Nc1ccccc1. The third-order valence-corrected chi connectivity index (χ3v) is 2.75. The highest BCUT2D eigenvalue weighted by Gasteiger charge is 1.95. The molecule has 1 aromatic rings. The Morgan fingerprint density at radius 3 is 2.79 bits per heavy atom. The fraction of sp³-hybridized carbons (Fsp3) is 0.182. The minimum absolute atomic E-state index is 0.814. The van der Waals surface area contributed by atoms with Crippen LogP contribution in [0, 0.1) is 0 Å². The summed E-state index contributed by atoms with van der Waals surface area (Å²) in [6, 6.07) is 9.97. The molecule has 0 amide bonds. The Labute approximate surface area is 94.6 Å². The molecule has 0 aliphatic rings. The number of thiocarbonyl (C=S) groups is 1. The molecular formula is C11H13NS2. The Hall–Kier alpha value is -0.800. The van der Waals surface area contributed by atoms with Gasteiger partial charge >= 0.3 is 0 Å². The van der Waals surface area contributed by atoms with Gasteiger partial charge in [-0.15, -0.1) is 0 Å². The Morgan fingerprint density at radius 1 is 1.43 bits per heavy atom. The molecule has 0 heterocycles. The topological polar surface area (TPSA) is 12.0 Å². The molecule has 0 aliphatic carbocycles. The van der Waals surface area contributed by atoms with Gasteiger partial charge in [-0.05, 0) is 19.1 Å². The van der Waals surface area contributed by atoms with E-state index in [1.165, 1.54) is 0 Å². The molecule has 0 aliphatic heterocycles. The van der Waals surface area contributed by atoms with Crippen molar-refractivity contribution < 1.29 is 0 Å². The molecule has 0 bridgehead atoms. The fourth-order valence-electron chi connectivity index (χ4n) is 0.895. The third kappa shape index (κ3) is 4.44. The first-order chi connectivity index (χ1) is 6.83. The van der Waals surface area contributed by atoms with Crippen LogP contribution in [-0.4, -0.2) is 10.1 Å². The minimum atomic E-state index is 0.814. The van der Waals surface area contributed by atoms with Crippen LogP contribution in [0.25, 0.3) is 0 Å². The van der Waals surface area contributed by atoms with Gasteiger partial charge in [-0.2, -0.15) is 0 Å². The lowest BCUT2D eigenvalue weighted by Gasteiger charge is -2.05. The lowest BCUT2D eigenvalue weighted by molar-refractivity contribution is 1.65. The Bertz CT molecular complexity index is 306. The smallest absolute Gasteiger partial charge is 0.138 e. The first-order valence-electron chi connectivity index (χ1n) is 4.43. The summed E-state index contributed by atoms with van der Waals surface area (Å²) in [7, 11) is 0. The Balaban J connectivity index is 2.34. The summed E-state index contributed by atoms with van der Waals surface area (Å²) in [5.41, 5.74) is 1.05. The number of anilines is 1. The molecule has 74 valence electrons. The van der Waals surface area contributed by atoms with E-state index in [2.05, 4.69) is 11.4 Å². The predicted octanol–water partition coefficient (Wildman–Crippen LogP) is 3.69. The highest BCUT2D eigenvalue weighted by Crippen LogP contribution is 2.11. The summed E-state index contributed by atoms with van der Waals surface area (Å²) < 4.78 is 0.814. The maximum Gasteiger partial charge on any atom is 0.138 e. The van der Waals surface area contributed by atoms with Crippen molar-refractivity contribution in [2.75, 3.05) is 11.1 Å². The zero-order chi connectivity index (χ0) is 10.2. The lowest BCUT2D eigenvalue weighted by atomic mass is 10.3. The van der Waals surface area contributed by atoms with Gasteiger partial charge in [0.25, 0.3) is 0 Å². The van der Waals surface area contributed by atoms with Crippen LogP contribution < -0.4 is 5.32 Å². The van der Waals surface area contributed by atoms with E-state index in [-0.39, 0.29) is 0 Å². The summed E-state index contributed by atoms with van der Waals surface area (Å²) in [6.45, 7) is 2.01. The quantitative estimate of drug-likeness (QED) is 0.620. The average molecular weight is 223 g/mol. The largest absolute Gasteiger partial charge is 0.341 e. The van der Waals surface area contributed by atoms with Crippen molar-refractivity contribution in [1.29, 1.82) is 0 Å². The van der Waals surface area contributed by atoms with E-state index in [4.69, 9.17) is 12.2 Å². The maximum absolute atomic E-state index is 5.17. The average Bonchev–Trinajstić information content (AvgIpc) is 2.20. The van der Waals surface area contributed by atoms with Crippen molar-refractivity contribution >= 4 is 34.0 Å². The molecule has 1 N–H and O–H groups in total. The van der Waals surface area contributed by atoms with Gasteiger partial charge in [0.2, 0.25) is 0 Å². The van der Waals surface area contributed by atoms with E-state index in [0.29, 0.717) is 0 Å². The van der Waals surface area contributed by atoms with E-state index in [1.54, 1.807) is 11.8 Å². The number of thioether (sulfide) groups is 1. The van der Waals surface area contributed by atoms with Gasteiger partial charge in [-0.3, -0.25) is 0 Å². The monoisotopic (exact) mass is 223 g/mol. The number of hydrogen-bond acceptors (Lipinski definition) is 2. The summed E-state index contributed by atoms with van der Waals surface area (Å²) in [6.07, 6.45) is 4.11. The normalized spacial score (nSPS) is 10.4. The van der Waals surface area contributed by atoms with Crippen LogP contribution in [0.2, 0.25) is 0 Å². The van der Waals surface area contributed by atoms with Crippen LogP contribution in [0.3, 0.4) is 0 Å². The van der Waals surface area contributed by atoms with Gasteiger partial charge in [0.15, 0.2) is 0 Å². The fourth-order valence-corrected chi connectivity index (χ4v) is 1.85. The Kier molecular flexibility index (Phi) is 5.33. The van der Waals surface area contributed by atoms with Gasteiger partial charge in [0.05, 0.1) is 0 Å². The predicted molar refractivity (Wildman–Crippen MR) is 69.9 cm³/mol. The summed E-state index contributed by atoms with van der Waals surface area (Å²) in [5.74, 6) is 0.926. The molecule has 14 heavy (non-hydrogen) atoms. The molecule has 0 atom stereocenters. The van der Waals surface area contributed by atoms with E-state index >= 15 is 0 Å². The second kappa shape index (κ2) is 6.62. The highest BCUT2D eigenvalue weighted by atomic mass is 32.2. The molecule has 0 radical (unpaired) electrons. The van der Waals surface area contributed by atoms with E-state index in [0.717, 1.165) is 15.8 Å². The number of rotatable bonds is 3. The first-order valence-corrected chi connectivity index (χ1v) is 5.82. The second-order valence-corrected chi connectivity index (χ2v) is 4.36. The first kappa shape index (κ1) is 11.3. The number of allylic oxidation sites excluding steroid dienone is 1. The van der Waals surface area contributed by atoms with Crippen LogP contribution in [-0.2, 0) is 0 Å². The van der Waals surface area contributed by atoms with Gasteiger partial charge in [-0.25, -0.2) is 0 Å². The molecule has 0 saturated carbocycles. The van der Waals surface area contributed by atoms with Crippen LogP contribution in [0.15, 0.2) is 42.5 Å². The molecule has 0 saturated heterocycles. The molecule has 0 spiro atoms. The number of benzene rings is 1. The van der Waals surface area contributed by atoms with Crippen molar-refractivity contribution in [3.05, 3.63) is 42.5 Å². The van der Waals surface area contributed by atoms with Gasteiger partial charge in [-0.1, -0.05) is 54.3 Å². The summed E-state index contributed by atoms with van der Waals surface area (Å²) >= 11 is 6.80. The van der Waals surface area contributed by atoms with Crippen molar-refractivity contribution in [1.82, 2.24) is 0 Å². The van der Waals surface area contributed by atoms with Gasteiger partial charge in [0.1, 0.15) is 4.32 Å². The van der Waals surface area contributed by atoms with E-state index < -0.39 is 0 Å². The van der Waals surface area contributed by atoms with Gasteiger partial charge < -0.3 is 5.32 Å². The summed E-state index contributed by atoms with van der Waals surface area (Å²) in [4.78, 5) is 0. The standard InChI is InChI=1S/C11H13NS2/c1-2-3-9-14-11(13)12-10-7-5-4-6-8-10/h2-8H,9H2,1H3,(H,12,13)/b3-2+. The van der Waals surface area contributed by atoms with Crippen LogP contribution in [0.5, 0.6) is 0 Å². The molecule has 0 aromatic heterocycles. The van der Waals surface area contributed by atoms with Crippen LogP contribution in [0.4, 0.5) is 5.69 Å². The molecule has 1 rings (SSSR count). The zero-order valence-electron chi connectivity index (χ0n) is 8.07. The lowest BCUT2D eigenvalue weighted by Crippen LogP contribution is -2.04. The molecule has 1 nitrogen and oxygen atoms in total. The van der Waals surface area contributed by atoms with Crippen molar-refractivity contribution in [3.63, 3.8) is 0 Å². The van der Waals surface area contributed by atoms with Gasteiger partial charge in [0, 0.05) is 11.4 Å². The van der Waals surface area contributed by atoms with E-state index in [9.17, 15) is 0 Å². The molecule has 3 heteroatoms. The zero-order valence-corrected chi connectivity index (χ0v) is 9.70. The molecule has 0 fully saturated rings. The van der Waals surface area contributed by atoms with Crippen molar-refractivity contribution in [2.24, 2.45) is 0 Å². The minimum Gasteiger partial charge on any atom is -0.341 e. The van der Waals surface area contributed by atoms with Crippen molar-refractivity contribution in [2.45, 2.75) is 6.92 Å². The van der Waals surface area contributed by atoms with Crippen LogP contribution >= 0.6 is 24.0 Å². The number of para-hydroxylation sites is 1. The summed E-state index contributed by atoms with van der Waals surface area (Å²) in [5, 5.41) is 3.16.